The Kier molecular flexibility index (Phi) is 6.32. The molecular weight excluding hydrogens is 335 g/mol. The molecule has 2 saturated heterocycles. The fourth-order valence-corrected chi connectivity index (χ4v) is 3.68. The number of hydrogen-bond acceptors (Lipinski definition) is 3. The molecule has 2 aliphatic heterocycles. The second-order valence-corrected chi connectivity index (χ2v) is 6.82. The zero-order valence-electron chi connectivity index (χ0n) is 13.2. The summed E-state index contributed by atoms with van der Waals surface area (Å²) < 4.78 is 5.40. The summed E-state index contributed by atoms with van der Waals surface area (Å²) in [6, 6.07) is 7.96. The third kappa shape index (κ3) is 3.82. The molecule has 1 amide bonds. The highest BCUT2D eigenvalue weighted by Gasteiger charge is 2.43. The second kappa shape index (κ2) is 7.84. The predicted octanol–water partition coefficient (Wildman–Crippen LogP) is 2.83. The van der Waals surface area contributed by atoms with Gasteiger partial charge >= 0.3 is 0 Å². The molecule has 1 aromatic carbocycles. The zero-order valence-corrected chi connectivity index (χ0v) is 14.7. The molecule has 4 nitrogen and oxygen atoms in total. The Morgan fingerprint density at radius 2 is 1.96 bits per heavy atom. The molecule has 0 bridgehead atoms. The molecule has 2 fully saturated rings. The average Bonchev–Trinajstić information content (AvgIpc) is 3.05. The minimum absolute atomic E-state index is 0. The molecule has 3 rings (SSSR count). The lowest BCUT2D eigenvalue weighted by molar-refractivity contribution is -0.146. The third-order valence-corrected chi connectivity index (χ3v) is 5.36. The Bertz CT molecular complexity index is 530. The first-order valence-corrected chi connectivity index (χ1v) is 8.35. The number of halogens is 2. The second-order valence-electron chi connectivity index (χ2n) is 6.39. The first kappa shape index (κ1) is 18.5. The van der Waals surface area contributed by atoms with Crippen LogP contribution < -0.4 is 5.73 Å². The van der Waals surface area contributed by atoms with E-state index >= 15 is 0 Å². The molecule has 6 heteroatoms. The highest BCUT2D eigenvalue weighted by Crippen LogP contribution is 2.35. The van der Waals surface area contributed by atoms with Crippen LogP contribution in [0.4, 0.5) is 0 Å². The molecule has 128 valence electrons. The van der Waals surface area contributed by atoms with E-state index in [1.165, 1.54) is 5.56 Å². The van der Waals surface area contributed by atoms with Crippen molar-refractivity contribution in [3.8, 4) is 0 Å². The van der Waals surface area contributed by atoms with Crippen molar-refractivity contribution in [1.29, 1.82) is 0 Å². The molecular formula is C17H24Cl2N2O2. The van der Waals surface area contributed by atoms with Gasteiger partial charge < -0.3 is 15.4 Å². The van der Waals surface area contributed by atoms with Crippen LogP contribution in [0.15, 0.2) is 24.3 Å². The lowest BCUT2D eigenvalue weighted by Gasteiger charge is -2.37. The molecule has 0 aromatic heterocycles. The molecule has 0 radical (unpaired) electrons. The van der Waals surface area contributed by atoms with Crippen LogP contribution in [0.3, 0.4) is 0 Å². The van der Waals surface area contributed by atoms with Gasteiger partial charge in [-0.15, -0.1) is 12.4 Å². The first-order chi connectivity index (χ1) is 10.6. The number of carbonyl (C=O) groups excluding carboxylic acids is 1. The lowest BCUT2D eigenvalue weighted by Crippen LogP contribution is -2.50. The number of nitrogens with zero attached hydrogens (tertiary/aromatic N) is 1. The van der Waals surface area contributed by atoms with Crippen LogP contribution in [0.1, 0.15) is 30.7 Å². The van der Waals surface area contributed by atoms with Gasteiger partial charge in [0.25, 0.3) is 0 Å². The maximum atomic E-state index is 13.0. The zero-order chi connectivity index (χ0) is 15.6. The van der Waals surface area contributed by atoms with Crippen molar-refractivity contribution in [2.24, 2.45) is 11.1 Å². The molecule has 2 aliphatic rings. The Hall–Kier alpha value is -0.810. The summed E-state index contributed by atoms with van der Waals surface area (Å²) >= 11 is 5.95. The van der Waals surface area contributed by atoms with Crippen molar-refractivity contribution >= 4 is 29.9 Å². The van der Waals surface area contributed by atoms with Crippen molar-refractivity contribution in [2.75, 3.05) is 32.8 Å². The maximum Gasteiger partial charge on any atom is 0.230 e. The summed E-state index contributed by atoms with van der Waals surface area (Å²) in [5.41, 5.74) is 6.80. The van der Waals surface area contributed by atoms with Crippen molar-refractivity contribution in [3.05, 3.63) is 34.9 Å². The maximum absolute atomic E-state index is 13.0. The van der Waals surface area contributed by atoms with Crippen LogP contribution in [0.2, 0.25) is 5.02 Å². The van der Waals surface area contributed by atoms with Gasteiger partial charge in [0.15, 0.2) is 0 Å². The normalized spacial score (nSPS) is 23.4. The summed E-state index contributed by atoms with van der Waals surface area (Å²) in [7, 11) is 0. The Morgan fingerprint density at radius 1 is 1.30 bits per heavy atom. The monoisotopic (exact) mass is 358 g/mol. The molecule has 1 aromatic rings. The van der Waals surface area contributed by atoms with Gasteiger partial charge in [0.05, 0.1) is 5.41 Å². The summed E-state index contributed by atoms with van der Waals surface area (Å²) in [4.78, 5) is 15.0. The Labute approximate surface area is 148 Å². The fraction of sp³-hybridized carbons (Fsp3) is 0.588. The van der Waals surface area contributed by atoms with Crippen LogP contribution in [0, 0.1) is 5.41 Å². The van der Waals surface area contributed by atoms with Crippen molar-refractivity contribution in [1.82, 2.24) is 4.90 Å². The first-order valence-electron chi connectivity index (χ1n) is 7.97. The minimum Gasteiger partial charge on any atom is -0.381 e. The number of amides is 1. The molecule has 0 spiro atoms. The summed E-state index contributed by atoms with van der Waals surface area (Å²) in [5, 5.41) is 0.749. The van der Waals surface area contributed by atoms with Crippen LogP contribution in [0.25, 0.3) is 0 Å². The number of ether oxygens (including phenoxy) is 1. The van der Waals surface area contributed by atoms with E-state index in [9.17, 15) is 4.79 Å². The molecule has 1 unspecified atom stereocenters. The van der Waals surface area contributed by atoms with Gasteiger partial charge in [0.1, 0.15) is 0 Å². The summed E-state index contributed by atoms with van der Waals surface area (Å²) in [5.74, 6) is 0.616. The van der Waals surface area contributed by atoms with E-state index in [-0.39, 0.29) is 18.3 Å². The number of benzene rings is 1. The minimum atomic E-state index is -0.410. The van der Waals surface area contributed by atoms with Gasteiger partial charge in [-0.25, -0.2) is 0 Å². The molecule has 2 heterocycles. The average molecular weight is 359 g/mol. The van der Waals surface area contributed by atoms with Crippen LogP contribution in [-0.2, 0) is 9.53 Å². The molecule has 23 heavy (non-hydrogen) atoms. The van der Waals surface area contributed by atoms with E-state index in [2.05, 4.69) is 12.1 Å². The van der Waals surface area contributed by atoms with Gasteiger partial charge in [-0.1, -0.05) is 23.7 Å². The smallest absolute Gasteiger partial charge is 0.230 e. The fourth-order valence-electron chi connectivity index (χ4n) is 3.55. The Balaban J connectivity index is 0.00000192. The van der Waals surface area contributed by atoms with Crippen molar-refractivity contribution in [2.45, 2.75) is 25.2 Å². The van der Waals surface area contributed by atoms with Crippen molar-refractivity contribution < 1.29 is 9.53 Å². The number of carbonyl (C=O) groups is 1. The van der Waals surface area contributed by atoms with E-state index < -0.39 is 5.41 Å². The van der Waals surface area contributed by atoms with Gasteiger partial charge in [-0.3, -0.25) is 4.79 Å². The molecule has 2 N–H and O–H groups in total. The number of rotatable bonds is 3. The van der Waals surface area contributed by atoms with E-state index in [4.69, 9.17) is 22.1 Å². The highest BCUT2D eigenvalue weighted by atomic mass is 35.5. The van der Waals surface area contributed by atoms with E-state index in [0.29, 0.717) is 25.7 Å². The lowest BCUT2D eigenvalue weighted by atomic mass is 9.79. The quantitative estimate of drug-likeness (QED) is 0.903. The molecule has 1 atom stereocenters. The van der Waals surface area contributed by atoms with E-state index in [1.807, 2.05) is 17.0 Å². The van der Waals surface area contributed by atoms with Gasteiger partial charge in [0.2, 0.25) is 5.91 Å². The number of hydrogen-bond donors (Lipinski definition) is 1. The SMILES string of the molecule is Cl.NCC1(C(=O)N2CCC(c3ccc(Cl)cc3)C2)CCOCC1. The van der Waals surface area contributed by atoms with Crippen LogP contribution in [-0.4, -0.2) is 43.7 Å². The number of nitrogens with two attached hydrogens (primary N) is 1. The number of likely N-dealkylation sites (tertiary alicyclic amines) is 1. The van der Waals surface area contributed by atoms with Gasteiger partial charge in [0, 0.05) is 43.8 Å². The van der Waals surface area contributed by atoms with E-state index in [0.717, 1.165) is 37.4 Å². The Morgan fingerprint density at radius 3 is 2.57 bits per heavy atom. The molecule has 0 saturated carbocycles. The molecule has 0 aliphatic carbocycles. The standard InChI is InChI=1S/C17H23ClN2O2.ClH/c18-15-3-1-13(2-4-15)14-5-8-20(11-14)16(21)17(12-19)6-9-22-10-7-17;/h1-4,14H,5-12,19H2;1H. The van der Waals surface area contributed by atoms with Crippen LogP contribution >= 0.6 is 24.0 Å². The summed E-state index contributed by atoms with van der Waals surface area (Å²) in [6.07, 6.45) is 2.49. The highest BCUT2D eigenvalue weighted by molar-refractivity contribution is 6.30. The van der Waals surface area contributed by atoms with Crippen molar-refractivity contribution in [3.63, 3.8) is 0 Å². The predicted molar refractivity (Wildman–Crippen MR) is 94.2 cm³/mol. The van der Waals surface area contributed by atoms with Gasteiger partial charge in [-0.05, 0) is 37.0 Å². The topological polar surface area (TPSA) is 55.6 Å². The van der Waals surface area contributed by atoms with Crippen LogP contribution in [0.5, 0.6) is 0 Å². The van der Waals surface area contributed by atoms with E-state index in [1.54, 1.807) is 0 Å². The summed E-state index contributed by atoms with van der Waals surface area (Å²) in [6.45, 7) is 3.28. The van der Waals surface area contributed by atoms with Gasteiger partial charge in [-0.2, -0.15) is 0 Å². The largest absolute Gasteiger partial charge is 0.381 e. The third-order valence-electron chi connectivity index (χ3n) is 5.11.